The SMILES string of the molecule is CCCS(=O)(=O)Nc1cccc(NC(=O)c2cn(C)nc2C(F)(F)F)c1C. The molecule has 0 atom stereocenters. The van der Waals surface area contributed by atoms with E-state index in [0.29, 0.717) is 12.0 Å². The van der Waals surface area contributed by atoms with Gasteiger partial charge < -0.3 is 5.32 Å². The maximum Gasteiger partial charge on any atom is 0.435 e. The monoisotopic (exact) mass is 404 g/mol. The summed E-state index contributed by atoms with van der Waals surface area (Å²) in [6, 6.07) is 4.46. The van der Waals surface area contributed by atoms with Gasteiger partial charge in [-0.15, -0.1) is 0 Å². The highest BCUT2D eigenvalue weighted by Gasteiger charge is 2.39. The Labute approximate surface area is 154 Å². The molecule has 0 aliphatic heterocycles. The number of anilines is 2. The molecule has 2 rings (SSSR count). The van der Waals surface area contributed by atoms with Crippen LogP contribution in [0.4, 0.5) is 24.5 Å². The summed E-state index contributed by atoms with van der Waals surface area (Å²) in [5.74, 6) is -1.07. The molecule has 11 heteroatoms. The second-order valence-corrected chi connectivity index (χ2v) is 7.76. The Kier molecular flexibility index (Phi) is 5.83. The lowest BCUT2D eigenvalue weighted by Crippen LogP contribution is -2.19. The Hall–Kier alpha value is -2.56. The fourth-order valence-corrected chi connectivity index (χ4v) is 3.62. The maximum atomic E-state index is 13.0. The molecule has 0 radical (unpaired) electrons. The number of hydrogen-bond acceptors (Lipinski definition) is 4. The van der Waals surface area contributed by atoms with Crippen LogP contribution in [-0.2, 0) is 23.2 Å². The van der Waals surface area contributed by atoms with Crippen LogP contribution < -0.4 is 10.0 Å². The van der Waals surface area contributed by atoms with Gasteiger partial charge in [-0.25, -0.2) is 8.42 Å². The van der Waals surface area contributed by atoms with Gasteiger partial charge in [0.2, 0.25) is 10.0 Å². The summed E-state index contributed by atoms with van der Waals surface area (Å²) >= 11 is 0. The highest BCUT2D eigenvalue weighted by molar-refractivity contribution is 7.92. The normalized spacial score (nSPS) is 12.1. The minimum atomic E-state index is -4.78. The number of aromatic nitrogens is 2. The molecule has 1 amide bonds. The van der Waals surface area contributed by atoms with Gasteiger partial charge in [0.05, 0.1) is 17.0 Å². The first kappa shape index (κ1) is 20.7. The molecule has 0 saturated carbocycles. The second-order valence-electron chi connectivity index (χ2n) is 5.92. The van der Waals surface area contributed by atoms with Gasteiger partial charge in [0.15, 0.2) is 5.69 Å². The zero-order chi connectivity index (χ0) is 20.4. The molecule has 2 N–H and O–H groups in total. The van der Waals surface area contributed by atoms with Crippen molar-refractivity contribution in [2.75, 3.05) is 15.8 Å². The summed E-state index contributed by atoms with van der Waals surface area (Å²) in [5.41, 5.74) is -1.11. The van der Waals surface area contributed by atoms with E-state index in [4.69, 9.17) is 0 Å². The van der Waals surface area contributed by atoms with Crippen molar-refractivity contribution < 1.29 is 26.4 Å². The van der Waals surface area contributed by atoms with E-state index in [0.717, 1.165) is 10.9 Å². The third-order valence-corrected chi connectivity index (χ3v) is 5.14. The number of alkyl halides is 3. The maximum absolute atomic E-state index is 13.0. The van der Waals surface area contributed by atoms with Gasteiger partial charge in [0, 0.05) is 18.9 Å². The van der Waals surface area contributed by atoms with E-state index in [-0.39, 0.29) is 17.1 Å². The van der Waals surface area contributed by atoms with Crippen molar-refractivity contribution >= 4 is 27.3 Å². The minimum absolute atomic E-state index is 0.0757. The van der Waals surface area contributed by atoms with Crippen LogP contribution in [0.5, 0.6) is 0 Å². The third kappa shape index (κ3) is 5.00. The Balaban J connectivity index is 2.31. The number of sulfonamides is 1. The number of rotatable bonds is 6. The van der Waals surface area contributed by atoms with Gasteiger partial charge in [-0.1, -0.05) is 13.0 Å². The van der Waals surface area contributed by atoms with E-state index in [9.17, 15) is 26.4 Å². The van der Waals surface area contributed by atoms with Crippen LogP contribution in [0, 0.1) is 6.92 Å². The van der Waals surface area contributed by atoms with E-state index in [2.05, 4.69) is 15.1 Å². The number of halogens is 3. The van der Waals surface area contributed by atoms with E-state index in [1.165, 1.54) is 25.2 Å². The molecule has 0 unspecified atom stereocenters. The van der Waals surface area contributed by atoms with Gasteiger partial charge in [-0.2, -0.15) is 18.3 Å². The molecule has 27 heavy (non-hydrogen) atoms. The second kappa shape index (κ2) is 7.59. The topological polar surface area (TPSA) is 93.1 Å². The van der Waals surface area contributed by atoms with Gasteiger partial charge >= 0.3 is 6.18 Å². The first-order chi connectivity index (χ1) is 12.4. The number of hydrogen-bond donors (Lipinski definition) is 2. The van der Waals surface area contributed by atoms with E-state index < -0.39 is 33.4 Å². The highest BCUT2D eigenvalue weighted by atomic mass is 32.2. The summed E-state index contributed by atoms with van der Waals surface area (Å²) in [6.45, 7) is 3.27. The molecule has 0 bridgehead atoms. The lowest BCUT2D eigenvalue weighted by molar-refractivity contribution is -0.141. The van der Waals surface area contributed by atoms with Crippen molar-refractivity contribution in [1.29, 1.82) is 0 Å². The van der Waals surface area contributed by atoms with Crippen molar-refractivity contribution in [1.82, 2.24) is 9.78 Å². The minimum Gasteiger partial charge on any atom is -0.322 e. The standard InChI is InChI=1S/C16H19F3N4O3S/c1-4-8-27(25,26)22-13-7-5-6-12(10(13)2)20-15(24)11-9-23(3)21-14(11)16(17,18)19/h5-7,9,22H,4,8H2,1-3H3,(H,20,24). The molecular weight excluding hydrogens is 385 g/mol. The number of nitrogens with one attached hydrogen (secondary N) is 2. The first-order valence-corrected chi connectivity index (χ1v) is 9.62. The molecule has 0 saturated heterocycles. The van der Waals surface area contributed by atoms with E-state index >= 15 is 0 Å². The Bertz CT molecular complexity index is 952. The number of aryl methyl sites for hydroxylation is 1. The molecule has 1 heterocycles. The lowest BCUT2D eigenvalue weighted by atomic mass is 10.1. The molecule has 2 aromatic rings. The Morgan fingerprint density at radius 2 is 1.89 bits per heavy atom. The first-order valence-electron chi connectivity index (χ1n) is 7.97. The van der Waals surface area contributed by atoms with Crippen LogP contribution in [0.15, 0.2) is 24.4 Å². The van der Waals surface area contributed by atoms with Crippen molar-refractivity contribution in [3.63, 3.8) is 0 Å². The summed E-state index contributed by atoms with van der Waals surface area (Å²) in [4.78, 5) is 12.3. The van der Waals surface area contributed by atoms with Crippen LogP contribution in [0.2, 0.25) is 0 Å². The third-order valence-electron chi connectivity index (χ3n) is 3.66. The molecule has 1 aromatic carbocycles. The fourth-order valence-electron chi connectivity index (χ4n) is 2.42. The van der Waals surface area contributed by atoms with Crippen LogP contribution in [0.1, 0.15) is 35.0 Å². The molecule has 148 valence electrons. The smallest absolute Gasteiger partial charge is 0.322 e. The van der Waals surface area contributed by atoms with Gasteiger partial charge in [0.25, 0.3) is 5.91 Å². The van der Waals surface area contributed by atoms with Crippen LogP contribution >= 0.6 is 0 Å². The van der Waals surface area contributed by atoms with Gasteiger partial charge in [-0.05, 0) is 31.0 Å². The number of amides is 1. The quantitative estimate of drug-likeness (QED) is 0.774. The number of benzene rings is 1. The predicted molar refractivity (Wildman–Crippen MR) is 95.0 cm³/mol. The zero-order valence-corrected chi connectivity index (χ0v) is 15.7. The summed E-state index contributed by atoms with van der Waals surface area (Å²) in [6.07, 6.45) is -3.38. The summed E-state index contributed by atoms with van der Waals surface area (Å²) in [7, 11) is -2.27. The van der Waals surface area contributed by atoms with Gasteiger partial charge in [0.1, 0.15) is 0 Å². The fraction of sp³-hybridized carbons (Fsp3) is 0.375. The number of nitrogens with zero attached hydrogens (tertiary/aromatic N) is 2. The summed E-state index contributed by atoms with van der Waals surface area (Å²) in [5, 5.41) is 5.68. The van der Waals surface area contributed by atoms with Gasteiger partial charge in [-0.3, -0.25) is 14.2 Å². The number of carbonyl (C=O) groups is 1. The molecule has 0 spiro atoms. The largest absolute Gasteiger partial charge is 0.435 e. The lowest BCUT2D eigenvalue weighted by Gasteiger charge is -2.14. The Morgan fingerprint density at radius 1 is 1.26 bits per heavy atom. The van der Waals surface area contributed by atoms with Crippen molar-refractivity contribution in [2.45, 2.75) is 26.4 Å². The molecule has 1 aromatic heterocycles. The van der Waals surface area contributed by atoms with E-state index in [1.807, 2.05) is 0 Å². The predicted octanol–water partition coefficient (Wildman–Crippen LogP) is 3.15. The van der Waals surface area contributed by atoms with Crippen LogP contribution in [-0.4, -0.2) is 29.9 Å². The average molecular weight is 404 g/mol. The van der Waals surface area contributed by atoms with E-state index in [1.54, 1.807) is 13.8 Å². The van der Waals surface area contributed by atoms with Crippen LogP contribution in [0.3, 0.4) is 0 Å². The van der Waals surface area contributed by atoms with Crippen molar-refractivity contribution in [3.05, 3.63) is 41.2 Å². The average Bonchev–Trinajstić information content (AvgIpc) is 2.93. The number of carbonyl (C=O) groups excluding carboxylic acids is 1. The van der Waals surface area contributed by atoms with Crippen molar-refractivity contribution in [2.24, 2.45) is 7.05 Å². The van der Waals surface area contributed by atoms with Crippen molar-refractivity contribution in [3.8, 4) is 0 Å². The molecule has 0 fully saturated rings. The van der Waals surface area contributed by atoms with Crippen LogP contribution in [0.25, 0.3) is 0 Å². The molecular formula is C16H19F3N4O3S. The molecule has 7 nitrogen and oxygen atoms in total. The molecule has 0 aliphatic carbocycles. The summed E-state index contributed by atoms with van der Waals surface area (Å²) < 4.78 is 66.3. The highest BCUT2D eigenvalue weighted by Crippen LogP contribution is 2.31. The zero-order valence-electron chi connectivity index (χ0n) is 14.9. The Morgan fingerprint density at radius 3 is 2.48 bits per heavy atom. The molecule has 0 aliphatic rings.